The second-order valence-electron chi connectivity index (χ2n) is 28.4. The Morgan fingerprint density at radius 1 is 0.664 bits per heavy atom. The molecule has 0 saturated carbocycles. The van der Waals surface area contributed by atoms with Crippen molar-refractivity contribution in [3.8, 4) is 5.75 Å². The highest BCUT2D eigenvalue weighted by Gasteiger charge is 2.62. The molecule has 110 heavy (non-hydrogen) atoms. The van der Waals surface area contributed by atoms with Gasteiger partial charge in [0, 0.05) is 48.1 Å². The zero-order chi connectivity index (χ0) is 81.4. The van der Waals surface area contributed by atoms with Crippen molar-refractivity contribution in [1.82, 2.24) is 21.3 Å². The first-order valence-electron chi connectivity index (χ1n) is 37.7. The average molecular weight is 1690 g/mol. The highest BCUT2D eigenvalue weighted by atomic mass is 125. The molecule has 1 aromatic rings. The molecule has 5 rings (SSSR count). The van der Waals surface area contributed by atoms with Gasteiger partial charge in [0.1, 0.15) is 91.2 Å². The molecule has 4 heterocycles. The number of carboxylic acid groups (broad SMARTS) is 2. The number of azide groups is 1. The van der Waals surface area contributed by atoms with Crippen molar-refractivity contribution in [2.45, 2.75) is 321 Å². The van der Waals surface area contributed by atoms with Gasteiger partial charge in [0.05, 0.1) is 80.7 Å². The van der Waals surface area contributed by atoms with Crippen LogP contribution in [-0.4, -0.2) is 308 Å². The lowest BCUT2D eigenvalue weighted by Crippen LogP contribution is -2.72. The van der Waals surface area contributed by atoms with Crippen LogP contribution >= 0.6 is 22.6 Å². The van der Waals surface area contributed by atoms with Crippen LogP contribution in [0.25, 0.3) is 10.4 Å². The minimum Gasteiger partial charge on any atom is -0.507 e. The number of aliphatic carboxylic acids is 2. The second kappa shape index (κ2) is 48.2. The lowest BCUT2D eigenvalue weighted by Gasteiger charge is -2.51. The number of nitrogens with one attached hydrogen (secondary N) is 4. The minimum atomic E-state index is -3.41. The summed E-state index contributed by atoms with van der Waals surface area (Å²) in [6.45, 7) is -0.885. The number of aromatic hydroxyl groups is 1. The van der Waals surface area contributed by atoms with Crippen LogP contribution in [0.5, 0.6) is 5.75 Å². The van der Waals surface area contributed by atoms with Crippen molar-refractivity contribution in [1.29, 1.82) is 0 Å². The van der Waals surface area contributed by atoms with E-state index in [1.54, 1.807) is 6.08 Å². The number of rotatable bonds is 50. The number of halogens is 1. The molecule has 0 bridgehead atoms. The van der Waals surface area contributed by atoms with Crippen molar-refractivity contribution in [3.05, 3.63) is 43.9 Å². The predicted molar refractivity (Wildman–Crippen MR) is 392 cm³/mol. The molecule has 4 saturated heterocycles. The summed E-state index contributed by atoms with van der Waals surface area (Å²) in [7, 11) is 0. The topological polar surface area (TPSA) is 617 Å². The van der Waals surface area contributed by atoms with Crippen LogP contribution in [0.3, 0.4) is 0 Å². The van der Waals surface area contributed by atoms with E-state index in [1.807, 2.05) is 22.6 Å². The van der Waals surface area contributed by atoms with Gasteiger partial charge >= 0.3 is 11.9 Å². The molecule has 1 aromatic carbocycles. The van der Waals surface area contributed by atoms with Gasteiger partial charge in [0.2, 0.25) is 17.7 Å². The number of aliphatic hydroxyl groups excluding tert-OH is 14. The second-order valence-corrected chi connectivity index (χ2v) is 29.6. The molecule has 4 fully saturated rings. The monoisotopic (exact) mass is 1690 g/mol. The third kappa shape index (κ3) is 28.0. The molecule has 0 spiro atoms. The van der Waals surface area contributed by atoms with Crippen LogP contribution in [0.1, 0.15) is 185 Å². The summed E-state index contributed by atoms with van der Waals surface area (Å²) in [4.78, 5) is 80.5. The Balaban J connectivity index is 1.25. The maximum atomic E-state index is 13.6. The first-order valence-corrected chi connectivity index (χ1v) is 38.8. The average Bonchev–Trinajstić information content (AvgIpc) is 0.752. The molecular formula is C71H116IN7O31. The van der Waals surface area contributed by atoms with Gasteiger partial charge in [0.25, 0.3) is 17.5 Å². The van der Waals surface area contributed by atoms with Crippen molar-refractivity contribution < 1.29 is 153 Å². The number of unbranched alkanes of at least 4 members (excludes halogenated alkanes) is 19. The summed E-state index contributed by atoms with van der Waals surface area (Å²) in [6, 6.07) is -2.13. The van der Waals surface area contributed by atoms with E-state index in [0.29, 0.717) is 29.4 Å². The van der Waals surface area contributed by atoms with E-state index in [-0.39, 0.29) is 23.4 Å². The van der Waals surface area contributed by atoms with E-state index in [4.69, 9.17) is 43.4 Å². The number of aliphatic hydroxyl groups is 14. The number of hydrogen-bond acceptors (Lipinski definition) is 30. The van der Waals surface area contributed by atoms with Gasteiger partial charge < -0.3 is 146 Å². The quantitative estimate of drug-likeness (QED) is 0.00991. The third-order valence-electron chi connectivity index (χ3n) is 19.8. The van der Waals surface area contributed by atoms with Crippen molar-refractivity contribution in [2.75, 3.05) is 39.6 Å². The van der Waals surface area contributed by atoms with Gasteiger partial charge in [-0.3, -0.25) is 19.2 Å². The summed E-state index contributed by atoms with van der Waals surface area (Å²) >= 11 is 1.91. The molecule has 0 radical (unpaired) electrons. The molecule has 628 valence electrons. The van der Waals surface area contributed by atoms with Gasteiger partial charge in [-0.05, 0) is 65.9 Å². The third-order valence-corrected chi connectivity index (χ3v) is 20.7. The Morgan fingerprint density at radius 2 is 1.19 bits per heavy atom. The van der Waals surface area contributed by atoms with E-state index in [1.165, 1.54) is 56.7 Å². The number of carbonyl (C=O) groups excluding carboxylic acids is 4. The molecular weight excluding hydrogens is 1570 g/mol. The molecule has 38 nitrogen and oxygen atoms in total. The van der Waals surface area contributed by atoms with Gasteiger partial charge in [-0.15, -0.1) is 0 Å². The number of amides is 4. The van der Waals surface area contributed by atoms with Crippen LogP contribution < -0.4 is 21.3 Å². The molecule has 4 aliphatic rings. The van der Waals surface area contributed by atoms with Crippen LogP contribution in [0.2, 0.25) is 0 Å². The van der Waals surface area contributed by atoms with E-state index in [0.717, 1.165) is 90.9 Å². The van der Waals surface area contributed by atoms with Crippen molar-refractivity contribution in [2.24, 2.45) is 5.11 Å². The zero-order valence-electron chi connectivity index (χ0n) is 62.3. The molecule has 4 aliphatic heterocycles. The van der Waals surface area contributed by atoms with Gasteiger partial charge in [-0.2, -0.15) is 0 Å². The number of phenols is 1. The maximum Gasteiger partial charge on any atom is 0.364 e. The van der Waals surface area contributed by atoms with E-state index < -0.39 is 227 Å². The molecule has 0 aliphatic carbocycles. The number of phenolic OH excluding ortho intramolecular Hbond substituents is 1. The number of carboxylic acids is 2. The number of nitrogens with zero attached hydrogens (tertiary/aromatic N) is 3. The standard InChI is InChI=1S/C71H116IN7O31/c1-4-5-6-7-8-9-10-11-12-14-17-20-23-26-44(86)43(77-52(91)27-24-21-18-15-13-16-19-22-25-28-74-65(98)40-29-41(72)42(78-79-73)30-45(40)87)37-103-66-59(96)58(95)61(51(36-83)105-66)106-67-60(97)64(56(93)49(34-81)104-67)110-71(69(101)102)32-47(89)54(76-39(3)85)63(109-71)57(94)50(35-82)107-70(68(99)100)31-46(88)53(75-38(2)84)62(108-70)55(92)48(90)33-80/h23,26,29-30,43-44,46-51,53-64,66-67,80-83,86-90,92-97H,4-22,24-25,27-28,31-37H2,1-3H3,(H,74,98)(H,75,84)(H,76,85)(H,77,91)(H,99,100)(H,101,102)/b26-23+/t43?,44?,46-,47-,48+,49+,50+,51+,53+,54+,55+,56-,57+,58+,59+,60+,61+,62+,63+,64-,66+,67-,70-,71+/m0/s1/i72-2. The lowest BCUT2D eigenvalue weighted by molar-refractivity contribution is -0.388. The van der Waals surface area contributed by atoms with Crippen molar-refractivity contribution in [3.63, 3.8) is 0 Å². The van der Waals surface area contributed by atoms with E-state index in [9.17, 15) is 116 Å². The van der Waals surface area contributed by atoms with Gasteiger partial charge in [0.15, 0.2) is 12.6 Å². The smallest absolute Gasteiger partial charge is 0.364 e. The minimum absolute atomic E-state index is 0.0738. The lowest BCUT2D eigenvalue weighted by atomic mass is 9.87. The molecule has 24 atom stereocenters. The SMILES string of the molecule is CCCCCCCCCCCCC/C=C/C(O)C(CO[C@@H]1O[C@H](CO)[C@@H](O[C@@H]2O[C@H](CO)[C@H](O)[C@H](O[C@@]3(C(=O)O)C[C@H](O)[C@@H](NC(C)=O)[C@H]([C@H](O)[C@@H](CO)O[C@@]4(C(=O)O)C[C@H](O)[C@@H](NC(C)=O)[C@H]([C@H](O)[C@H](O)CO)O4)O3)[C@H]2O)[C@H](O)[C@H]1O)NC(=O)CCCCCCCCCCCNC(=O)c1cc([125I])c(N=[N+]=[N-])cc1O. The van der Waals surface area contributed by atoms with Crippen molar-refractivity contribution >= 4 is 63.8 Å². The van der Waals surface area contributed by atoms with Crippen LogP contribution in [0, 0.1) is 3.57 Å². The fourth-order valence-electron chi connectivity index (χ4n) is 13.7. The highest BCUT2D eigenvalue weighted by Crippen LogP contribution is 2.41. The summed E-state index contributed by atoms with van der Waals surface area (Å²) in [5.41, 5.74) is 9.00. The Labute approximate surface area is 650 Å². The van der Waals surface area contributed by atoms with E-state index in [2.05, 4.69) is 38.2 Å². The van der Waals surface area contributed by atoms with Crippen LogP contribution in [-0.2, 0) is 61.9 Å². The summed E-state index contributed by atoms with van der Waals surface area (Å²) in [6.07, 6.45) is -19.3. The number of hydrogen-bond donors (Lipinski definition) is 21. The molecule has 2 unspecified atom stereocenters. The molecule has 0 aromatic heterocycles. The maximum absolute atomic E-state index is 13.6. The van der Waals surface area contributed by atoms with Crippen LogP contribution in [0.15, 0.2) is 29.4 Å². The van der Waals surface area contributed by atoms with Gasteiger partial charge in [-0.1, -0.05) is 133 Å². The number of ether oxygens (including phenoxy) is 8. The largest absolute Gasteiger partial charge is 0.507 e. The predicted octanol–water partition coefficient (Wildman–Crippen LogP) is -0.339. The summed E-state index contributed by atoms with van der Waals surface area (Å²) in [5.74, 6) is -14.0. The Hall–Kier alpha value is -5.26. The summed E-state index contributed by atoms with van der Waals surface area (Å²) < 4.78 is 46.9. The van der Waals surface area contributed by atoms with Crippen LogP contribution in [0.4, 0.5) is 5.69 Å². The first kappa shape index (κ1) is 95.3. The number of allylic oxidation sites excluding steroid dienone is 1. The fraction of sp³-hybridized carbons (Fsp3) is 0.803. The van der Waals surface area contributed by atoms with E-state index >= 15 is 0 Å². The highest BCUT2D eigenvalue weighted by molar-refractivity contribution is 14.1. The zero-order valence-corrected chi connectivity index (χ0v) is 64.4. The fourth-order valence-corrected chi connectivity index (χ4v) is 14.3. The number of carbonyl (C=O) groups is 6. The Morgan fingerprint density at radius 3 is 1.73 bits per heavy atom. The van der Waals surface area contributed by atoms with Gasteiger partial charge in [-0.25, -0.2) is 9.59 Å². The Bertz CT molecular complexity index is 3080. The summed E-state index contributed by atoms with van der Waals surface area (Å²) in [5, 5.41) is 202. The molecule has 21 N–H and O–H groups in total. The molecule has 4 amide bonds. The molecule has 39 heteroatoms. The normalized spacial score (nSPS) is 30.1. The Kier molecular flexibility index (Phi) is 41.8. The number of benzene rings is 1. The first-order chi connectivity index (χ1) is 52.4.